The van der Waals surface area contributed by atoms with Crippen molar-refractivity contribution in [2.75, 3.05) is 6.61 Å². The summed E-state index contributed by atoms with van der Waals surface area (Å²) in [7, 11) is 0. The monoisotopic (exact) mass is 368 g/mol. The largest absolute Gasteiger partial charge is 0.480 e. The Labute approximate surface area is 146 Å². The molecule has 0 aliphatic rings. The molecule has 3 aromatic rings. The van der Waals surface area contributed by atoms with Gasteiger partial charge in [0.25, 0.3) is 11.8 Å². The van der Waals surface area contributed by atoms with Crippen molar-refractivity contribution in [2.45, 2.75) is 6.61 Å². The fraction of sp³-hybridized carbons (Fsp3) is 0.133. The van der Waals surface area contributed by atoms with E-state index in [9.17, 15) is 4.79 Å². The molecule has 0 amide bonds. The number of nitrogens with zero attached hydrogens (tertiary/aromatic N) is 2. The number of rotatable bonds is 6. The molecule has 0 saturated heterocycles. The summed E-state index contributed by atoms with van der Waals surface area (Å²) in [5.74, 6) is 0.491. The predicted molar refractivity (Wildman–Crippen MR) is 83.8 cm³/mol. The molecule has 24 heavy (non-hydrogen) atoms. The van der Waals surface area contributed by atoms with Crippen molar-refractivity contribution in [2.24, 2.45) is 0 Å². The van der Waals surface area contributed by atoms with Crippen LogP contribution in [0.2, 0.25) is 10.0 Å². The molecule has 124 valence electrons. The van der Waals surface area contributed by atoms with Crippen molar-refractivity contribution in [3.05, 3.63) is 52.5 Å². The zero-order valence-electron chi connectivity index (χ0n) is 12.1. The third-order valence-electron chi connectivity index (χ3n) is 2.79. The molecule has 7 nitrogen and oxygen atoms in total. The van der Waals surface area contributed by atoms with Crippen molar-refractivity contribution < 1.29 is 23.1 Å². The molecule has 0 bridgehead atoms. The Morgan fingerprint density at radius 1 is 1.21 bits per heavy atom. The Bertz CT molecular complexity index is 832. The Morgan fingerprint density at radius 3 is 2.83 bits per heavy atom. The number of hydrogen-bond acceptors (Lipinski definition) is 7. The zero-order chi connectivity index (χ0) is 16.9. The fourth-order valence-electron chi connectivity index (χ4n) is 1.72. The molecule has 0 atom stereocenters. The third kappa shape index (κ3) is 4.06. The molecule has 0 saturated carbocycles. The highest BCUT2D eigenvalue weighted by Gasteiger charge is 2.13. The second-order valence-electron chi connectivity index (χ2n) is 4.50. The van der Waals surface area contributed by atoms with Crippen LogP contribution in [0.25, 0.3) is 11.7 Å². The summed E-state index contributed by atoms with van der Waals surface area (Å²) in [5.41, 5.74) is 0. The van der Waals surface area contributed by atoms with E-state index in [0.717, 1.165) is 0 Å². The second kappa shape index (κ2) is 7.37. The maximum absolute atomic E-state index is 11.7. The zero-order valence-corrected chi connectivity index (χ0v) is 13.6. The normalized spacial score (nSPS) is 10.6. The molecule has 0 aliphatic heterocycles. The van der Waals surface area contributed by atoms with Gasteiger partial charge in [0.2, 0.25) is 0 Å². The van der Waals surface area contributed by atoms with Crippen LogP contribution in [0.5, 0.6) is 5.75 Å². The van der Waals surface area contributed by atoms with Gasteiger partial charge in [-0.15, -0.1) is 10.2 Å². The summed E-state index contributed by atoms with van der Waals surface area (Å²) >= 11 is 11.7. The maximum atomic E-state index is 11.7. The minimum Gasteiger partial charge on any atom is -0.480 e. The van der Waals surface area contributed by atoms with Gasteiger partial charge in [-0.1, -0.05) is 23.2 Å². The summed E-state index contributed by atoms with van der Waals surface area (Å²) in [6.07, 6.45) is 1.48. The molecule has 0 aliphatic carbocycles. The summed E-state index contributed by atoms with van der Waals surface area (Å²) in [6, 6.07) is 8.04. The van der Waals surface area contributed by atoms with Crippen LogP contribution in [0, 0.1) is 0 Å². The van der Waals surface area contributed by atoms with Crippen molar-refractivity contribution in [3.8, 4) is 17.4 Å². The molecular formula is C15H10Cl2N2O5. The predicted octanol–water partition coefficient (Wildman–Crippen LogP) is 3.76. The average Bonchev–Trinajstić information content (AvgIpc) is 3.23. The van der Waals surface area contributed by atoms with E-state index < -0.39 is 5.97 Å². The fourth-order valence-corrected chi connectivity index (χ4v) is 2.19. The molecule has 9 heteroatoms. The van der Waals surface area contributed by atoms with Gasteiger partial charge in [0.05, 0.1) is 11.3 Å². The topological polar surface area (TPSA) is 87.6 Å². The molecule has 0 spiro atoms. The molecule has 0 radical (unpaired) electrons. The summed E-state index contributed by atoms with van der Waals surface area (Å²) in [6.45, 7) is -0.495. The standard InChI is InChI=1S/C15H10Cl2N2O5/c16-9-3-4-11(10(17)6-9)22-8-14(20)23-7-13-18-19-15(24-13)12-2-1-5-21-12/h1-6H,7-8H2. The van der Waals surface area contributed by atoms with Crippen molar-refractivity contribution in [1.82, 2.24) is 10.2 Å². The highest BCUT2D eigenvalue weighted by molar-refractivity contribution is 6.35. The van der Waals surface area contributed by atoms with Gasteiger partial charge in [-0.05, 0) is 30.3 Å². The summed E-state index contributed by atoms with van der Waals surface area (Å²) in [5, 5.41) is 8.32. The Kier molecular flexibility index (Phi) is 5.02. The van der Waals surface area contributed by atoms with Crippen LogP contribution in [-0.4, -0.2) is 22.8 Å². The number of hydrogen-bond donors (Lipinski definition) is 0. The van der Waals surface area contributed by atoms with Gasteiger partial charge in [0.1, 0.15) is 5.75 Å². The number of aromatic nitrogens is 2. The molecule has 2 heterocycles. The van der Waals surface area contributed by atoms with Crippen LogP contribution in [-0.2, 0) is 16.1 Å². The minimum absolute atomic E-state index is 0.138. The van der Waals surface area contributed by atoms with E-state index in [4.69, 9.17) is 41.5 Å². The lowest BCUT2D eigenvalue weighted by molar-refractivity contribution is -0.148. The van der Waals surface area contributed by atoms with Crippen molar-refractivity contribution in [3.63, 3.8) is 0 Å². The lowest BCUT2D eigenvalue weighted by atomic mass is 10.3. The highest BCUT2D eigenvalue weighted by atomic mass is 35.5. The van der Waals surface area contributed by atoms with Crippen molar-refractivity contribution >= 4 is 29.2 Å². The SMILES string of the molecule is O=C(COc1ccc(Cl)cc1Cl)OCc1nnc(-c2ccco2)o1. The number of carbonyl (C=O) groups excluding carboxylic acids is 1. The van der Waals surface area contributed by atoms with Gasteiger partial charge in [-0.2, -0.15) is 0 Å². The smallest absolute Gasteiger partial charge is 0.344 e. The van der Waals surface area contributed by atoms with E-state index in [0.29, 0.717) is 21.6 Å². The van der Waals surface area contributed by atoms with E-state index in [1.54, 1.807) is 24.3 Å². The van der Waals surface area contributed by atoms with Gasteiger partial charge >= 0.3 is 5.97 Å². The van der Waals surface area contributed by atoms with E-state index >= 15 is 0 Å². The number of benzene rings is 1. The number of esters is 1. The van der Waals surface area contributed by atoms with Gasteiger partial charge in [0.15, 0.2) is 19.0 Å². The number of ether oxygens (including phenoxy) is 2. The maximum Gasteiger partial charge on any atom is 0.344 e. The first kappa shape index (κ1) is 16.4. The molecule has 0 unspecified atom stereocenters. The lowest BCUT2D eigenvalue weighted by Crippen LogP contribution is -2.15. The average molecular weight is 369 g/mol. The number of halogens is 2. The molecular weight excluding hydrogens is 359 g/mol. The summed E-state index contributed by atoms with van der Waals surface area (Å²) < 4.78 is 20.7. The molecule has 0 fully saturated rings. The molecule has 1 aromatic carbocycles. The van der Waals surface area contributed by atoms with Crippen LogP contribution >= 0.6 is 23.2 Å². The Morgan fingerprint density at radius 2 is 2.08 bits per heavy atom. The summed E-state index contributed by atoms with van der Waals surface area (Å²) in [4.78, 5) is 11.7. The lowest BCUT2D eigenvalue weighted by Gasteiger charge is -2.07. The highest BCUT2D eigenvalue weighted by Crippen LogP contribution is 2.27. The Hall–Kier alpha value is -2.51. The molecule has 0 N–H and O–H groups in total. The van der Waals surface area contributed by atoms with Gasteiger partial charge in [-0.3, -0.25) is 0 Å². The van der Waals surface area contributed by atoms with Gasteiger partial charge in [-0.25, -0.2) is 4.79 Å². The van der Waals surface area contributed by atoms with Crippen LogP contribution < -0.4 is 4.74 Å². The Balaban J connectivity index is 1.49. The van der Waals surface area contributed by atoms with E-state index in [1.165, 1.54) is 12.3 Å². The number of furan rings is 1. The first-order valence-corrected chi connectivity index (χ1v) is 7.47. The van der Waals surface area contributed by atoms with E-state index in [1.807, 2.05) is 0 Å². The second-order valence-corrected chi connectivity index (χ2v) is 5.35. The third-order valence-corrected chi connectivity index (χ3v) is 3.33. The van der Waals surface area contributed by atoms with Crippen molar-refractivity contribution in [1.29, 1.82) is 0 Å². The minimum atomic E-state index is -0.612. The van der Waals surface area contributed by atoms with E-state index in [-0.39, 0.29) is 25.0 Å². The first-order chi connectivity index (χ1) is 11.6. The van der Waals surface area contributed by atoms with Crippen LogP contribution in [0.4, 0.5) is 0 Å². The van der Waals surface area contributed by atoms with Crippen LogP contribution in [0.15, 0.2) is 45.4 Å². The number of carbonyl (C=O) groups is 1. The van der Waals surface area contributed by atoms with Gasteiger partial charge in [0, 0.05) is 5.02 Å². The molecule has 2 aromatic heterocycles. The quantitative estimate of drug-likeness (QED) is 0.612. The molecule has 3 rings (SSSR count). The first-order valence-electron chi connectivity index (χ1n) is 6.71. The van der Waals surface area contributed by atoms with Crippen LogP contribution in [0.1, 0.15) is 5.89 Å². The van der Waals surface area contributed by atoms with Gasteiger partial charge < -0.3 is 18.3 Å². The van der Waals surface area contributed by atoms with E-state index in [2.05, 4.69) is 10.2 Å². The van der Waals surface area contributed by atoms with Crippen LogP contribution in [0.3, 0.4) is 0 Å².